The fourth-order valence-corrected chi connectivity index (χ4v) is 3.57. The molecule has 1 heterocycles. The van der Waals surface area contributed by atoms with Gasteiger partial charge in [0.1, 0.15) is 0 Å². The fraction of sp³-hybridized carbons (Fsp3) is 0.412. The monoisotopic (exact) mass is 341 g/mol. The van der Waals surface area contributed by atoms with Crippen molar-refractivity contribution in [3.8, 4) is 0 Å². The Kier molecular flexibility index (Phi) is 5.73. The minimum absolute atomic E-state index is 0.101. The first-order valence-corrected chi connectivity index (χ1v) is 8.65. The molecule has 21 heavy (non-hydrogen) atoms. The van der Waals surface area contributed by atoms with Gasteiger partial charge < -0.3 is 5.32 Å². The van der Waals surface area contributed by atoms with Crippen molar-refractivity contribution in [2.75, 3.05) is 6.54 Å². The van der Waals surface area contributed by atoms with Gasteiger partial charge in [-0.25, -0.2) is 0 Å². The van der Waals surface area contributed by atoms with Crippen LogP contribution in [0.25, 0.3) is 0 Å². The molecule has 0 spiro atoms. The molecule has 2 rings (SSSR count). The average molecular weight is 342 g/mol. The van der Waals surface area contributed by atoms with E-state index >= 15 is 0 Å². The van der Waals surface area contributed by atoms with Crippen molar-refractivity contribution in [3.05, 3.63) is 56.2 Å². The highest BCUT2D eigenvalue weighted by molar-refractivity contribution is 7.16. The number of halogens is 2. The largest absolute Gasteiger partial charge is 0.311 e. The Morgan fingerprint density at radius 3 is 2.48 bits per heavy atom. The SMILES string of the molecule is CC(C)(C)NCC(Cc1ccc(Cl)s1)c1cccc(Cl)c1. The van der Waals surface area contributed by atoms with E-state index in [4.69, 9.17) is 23.2 Å². The Labute approximate surface area is 141 Å². The van der Waals surface area contributed by atoms with Crippen molar-refractivity contribution >= 4 is 34.5 Å². The van der Waals surface area contributed by atoms with Gasteiger partial charge in [0.15, 0.2) is 0 Å². The third-order valence-electron chi connectivity index (χ3n) is 3.28. The molecule has 1 atom stereocenters. The van der Waals surface area contributed by atoms with Crippen LogP contribution in [0.15, 0.2) is 36.4 Å². The van der Waals surface area contributed by atoms with Crippen molar-refractivity contribution in [3.63, 3.8) is 0 Å². The van der Waals surface area contributed by atoms with E-state index in [9.17, 15) is 0 Å². The van der Waals surface area contributed by atoms with E-state index in [0.29, 0.717) is 5.92 Å². The van der Waals surface area contributed by atoms with E-state index in [0.717, 1.165) is 22.3 Å². The molecule has 1 unspecified atom stereocenters. The second kappa shape index (κ2) is 7.15. The van der Waals surface area contributed by atoms with E-state index < -0.39 is 0 Å². The molecule has 0 aliphatic carbocycles. The van der Waals surface area contributed by atoms with E-state index in [2.05, 4.69) is 44.3 Å². The first-order valence-electron chi connectivity index (χ1n) is 7.08. The predicted octanol–water partition coefficient (Wildman–Crippen LogP) is 5.77. The third kappa shape index (κ3) is 5.63. The summed E-state index contributed by atoms with van der Waals surface area (Å²) >= 11 is 13.8. The highest BCUT2D eigenvalue weighted by Gasteiger charge is 2.17. The van der Waals surface area contributed by atoms with Crippen molar-refractivity contribution in [1.82, 2.24) is 5.32 Å². The zero-order chi connectivity index (χ0) is 15.5. The van der Waals surface area contributed by atoms with Gasteiger partial charge in [0.2, 0.25) is 0 Å². The van der Waals surface area contributed by atoms with Crippen molar-refractivity contribution in [1.29, 1.82) is 0 Å². The van der Waals surface area contributed by atoms with Gasteiger partial charge in [0, 0.05) is 27.9 Å². The Morgan fingerprint density at radius 2 is 1.90 bits per heavy atom. The zero-order valence-corrected chi connectivity index (χ0v) is 14.9. The number of hydrogen-bond acceptors (Lipinski definition) is 2. The molecule has 1 aromatic heterocycles. The molecule has 0 saturated carbocycles. The summed E-state index contributed by atoms with van der Waals surface area (Å²) < 4.78 is 0.846. The van der Waals surface area contributed by atoms with Crippen LogP contribution in [-0.2, 0) is 6.42 Å². The first-order chi connectivity index (χ1) is 9.83. The molecule has 0 bridgehead atoms. The smallest absolute Gasteiger partial charge is 0.0931 e. The summed E-state index contributed by atoms with van der Waals surface area (Å²) in [4.78, 5) is 1.31. The van der Waals surface area contributed by atoms with Crippen LogP contribution in [0.4, 0.5) is 0 Å². The molecule has 4 heteroatoms. The highest BCUT2D eigenvalue weighted by Crippen LogP contribution is 2.29. The molecule has 0 aliphatic heterocycles. The van der Waals surface area contributed by atoms with Crippen LogP contribution in [0.2, 0.25) is 9.36 Å². The number of benzene rings is 1. The van der Waals surface area contributed by atoms with E-state index in [1.165, 1.54) is 10.4 Å². The molecule has 1 N–H and O–H groups in total. The van der Waals surface area contributed by atoms with Crippen LogP contribution in [-0.4, -0.2) is 12.1 Å². The van der Waals surface area contributed by atoms with E-state index in [-0.39, 0.29) is 5.54 Å². The standard InChI is InChI=1S/C17H21Cl2NS/c1-17(2,3)20-11-13(10-15-7-8-16(19)21-15)12-5-4-6-14(18)9-12/h4-9,13,20H,10-11H2,1-3H3. The maximum absolute atomic E-state index is 6.15. The molecule has 0 saturated heterocycles. The van der Waals surface area contributed by atoms with Crippen molar-refractivity contribution in [2.45, 2.75) is 38.6 Å². The first kappa shape index (κ1) is 16.8. The maximum atomic E-state index is 6.15. The zero-order valence-electron chi connectivity index (χ0n) is 12.6. The number of nitrogens with one attached hydrogen (secondary N) is 1. The van der Waals surface area contributed by atoms with Crippen LogP contribution >= 0.6 is 34.5 Å². The number of rotatable bonds is 5. The van der Waals surface area contributed by atoms with E-state index in [1.807, 2.05) is 18.2 Å². The lowest BCUT2D eigenvalue weighted by Gasteiger charge is -2.25. The summed E-state index contributed by atoms with van der Waals surface area (Å²) in [5.74, 6) is 0.387. The molecule has 0 radical (unpaired) electrons. The summed E-state index contributed by atoms with van der Waals surface area (Å²) in [6.07, 6.45) is 0.973. The summed E-state index contributed by atoms with van der Waals surface area (Å²) in [5, 5.41) is 4.38. The van der Waals surface area contributed by atoms with Gasteiger partial charge in [-0.2, -0.15) is 0 Å². The van der Waals surface area contributed by atoms with Crippen molar-refractivity contribution in [2.24, 2.45) is 0 Å². The Hall–Kier alpha value is -0.540. The Balaban J connectivity index is 2.17. The molecular weight excluding hydrogens is 321 g/mol. The minimum Gasteiger partial charge on any atom is -0.311 e. The van der Waals surface area contributed by atoms with Gasteiger partial charge in [-0.15, -0.1) is 11.3 Å². The van der Waals surface area contributed by atoms with Gasteiger partial charge in [-0.3, -0.25) is 0 Å². The molecule has 0 amide bonds. The lowest BCUT2D eigenvalue weighted by atomic mass is 9.94. The lowest BCUT2D eigenvalue weighted by molar-refractivity contribution is 0.405. The predicted molar refractivity (Wildman–Crippen MR) is 95.0 cm³/mol. The maximum Gasteiger partial charge on any atom is 0.0931 e. The van der Waals surface area contributed by atoms with Gasteiger partial charge >= 0.3 is 0 Å². The second-order valence-corrected chi connectivity index (χ2v) is 8.53. The molecular formula is C17H21Cl2NS. The number of thiophene rings is 1. The van der Waals surface area contributed by atoms with Crippen LogP contribution in [0.5, 0.6) is 0 Å². The van der Waals surface area contributed by atoms with Crippen LogP contribution in [0.1, 0.15) is 37.1 Å². The van der Waals surface area contributed by atoms with Gasteiger partial charge in [0.25, 0.3) is 0 Å². The quantitative estimate of drug-likeness (QED) is 0.727. The normalized spacial score (nSPS) is 13.4. The van der Waals surface area contributed by atoms with Crippen LogP contribution < -0.4 is 5.32 Å². The van der Waals surface area contributed by atoms with Gasteiger partial charge in [-0.05, 0) is 57.0 Å². The van der Waals surface area contributed by atoms with E-state index in [1.54, 1.807) is 11.3 Å². The summed E-state index contributed by atoms with van der Waals surface area (Å²) in [6.45, 7) is 7.47. The minimum atomic E-state index is 0.101. The summed E-state index contributed by atoms with van der Waals surface area (Å²) in [7, 11) is 0. The average Bonchev–Trinajstić information content (AvgIpc) is 2.79. The Bertz CT molecular complexity index is 586. The third-order valence-corrected chi connectivity index (χ3v) is 4.76. The molecule has 1 nitrogen and oxygen atoms in total. The Morgan fingerprint density at radius 1 is 1.14 bits per heavy atom. The molecule has 114 valence electrons. The topological polar surface area (TPSA) is 12.0 Å². The molecule has 0 fully saturated rings. The molecule has 2 aromatic rings. The molecule has 1 aromatic carbocycles. The van der Waals surface area contributed by atoms with Crippen LogP contribution in [0, 0.1) is 0 Å². The van der Waals surface area contributed by atoms with Gasteiger partial charge in [0.05, 0.1) is 4.34 Å². The summed E-state index contributed by atoms with van der Waals surface area (Å²) in [5.41, 5.74) is 1.37. The fourth-order valence-electron chi connectivity index (χ4n) is 2.20. The van der Waals surface area contributed by atoms with Crippen LogP contribution in [0.3, 0.4) is 0 Å². The lowest BCUT2D eigenvalue weighted by Crippen LogP contribution is -2.39. The summed E-state index contributed by atoms with van der Waals surface area (Å²) in [6, 6.07) is 12.2. The van der Waals surface area contributed by atoms with Crippen molar-refractivity contribution < 1.29 is 0 Å². The second-order valence-electron chi connectivity index (χ2n) is 6.29. The van der Waals surface area contributed by atoms with Gasteiger partial charge in [-0.1, -0.05) is 35.3 Å². The highest BCUT2D eigenvalue weighted by atomic mass is 35.5. The molecule has 0 aliphatic rings. The number of hydrogen-bond donors (Lipinski definition) is 1.